The highest BCUT2D eigenvalue weighted by atomic mass is 32.2. The van der Waals surface area contributed by atoms with E-state index in [1.807, 2.05) is 24.3 Å². The van der Waals surface area contributed by atoms with Crippen LogP contribution in [-0.4, -0.2) is 55.3 Å². The molecule has 1 N–H and O–H groups in total. The van der Waals surface area contributed by atoms with Crippen molar-refractivity contribution in [1.82, 2.24) is 10.2 Å². The summed E-state index contributed by atoms with van der Waals surface area (Å²) in [6.07, 6.45) is 2.38. The van der Waals surface area contributed by atoms with Gasteiger partial charge in [0.2, 0.25) is 5.91 Å². The number of aryl methyl sites for hydroxylation is 1. The van der Waals surface area contributed by atoms with Crippen molar-refractivity contribution in [2.75, 3.05) is 23.0 Å². The summed E-state index contributed by atoms with van der Waals surface area (Å²) in [6, 6.07) is 15.2. The molecule has 0 aromatic heterocycles. The Bertz CT molecular complexity index is 1230. The molecule has 172 valence electrons. The van der Waals surface area contributed by atoms with Crippen molar-refractivity contribution < 1.29 is 22.8 Å². The van der Waals surface area contributed by atoms with E-state index in [9.17, 15) is 22.8 Å². The summed E-state index contributed by atoms with van der Waals surface area (Å²) in [5.74, 6) is -1.03. The standard InChI is InChI=1S/C24H25N3O5S/c28-21(27(18-9-2-1-3-10-18)19-12-14-33(31,32)16-19)15-26-22(29)24(25-23(26)30)13-6-8-17-7-4-5-11-20(17)24/h1-5,7,9-11,19H,6,8,12-16H2,(H,25,30)/t19-,24-/m1/s1. The van der Waals surface area contributed by atoms with E-state index in [1.165, 1.54) is 4.90 Å². The summed E-state index contributed by atoms with van der Waals surface area (Å²) < 4.78 is 24.2. The molecule has 2 saturated heterocycles. The maximum atomic E-state index is 13.6. The van der Waals surface area contributed by atoms with Crippen LogP contribution in [0, 0.1) is 0 Å². The van der Waals surface area contributed by atoms with E-state index in [2.05, 4.69) is 5.32 Å². The lowest BCUT2D eigenvalue weighted by Crippen LogP contribution is -2.49. The first-order valence-electron chi connectivity index (χ1n) is 11.1. The Kier molecular flexibility index (Phi) is 5.23. The number of rotatable bonds is 4. The number of carbonyl (C=O) groups excluding carboxylic acids is 3. The predicted molar refractivity (Wildman–Crippen MR) is 122 cm³/mol. The molecule has 3 aliphatic rings. The van der Waals surface area contributed by atoms with E-state index in [0.717, 1.165) is 28.9 Å². The average Bonchev–Trinajstić information content (AvgIpc) is 3.27. The molecule has 8 nitrogen and oxygen atoms in total. The average molecular weight is 468 g/mol. The molecule has 1 aliphatic carbocycles. The summed E-state index contributed by atoms with van der Waals surface area (Å²) in [5, 5.41) is 2.86. The number of fused-ring (bicyclic) bond motifs is 2. The summed E-state index contributed by atoms with van der Waals surface area (Å²) in [6.45, 7) is -0.444. The number of para-hydroxylation sites is 1. The molecule has 0 bridgehead atoms. The zero-order valence-electron chi connectivity index (χ0n) is 18.1. The second kappa shape index (κ2) is 7.98. The van der Waals surface area contributed by atoms with Gasteiger partial charge in [-0.15, -0.1) is 0 Å². The highest BCUT2D eigenvalue weighted by molar-refractivity contribution is 7.91. The Labute approximate surface area is 192 Å². The van der Waals surface area contributed by atoms with Crippen LogP contribution in [-0.2, 0) is 31.4 Å². The fourth-order valence-corrected chi connectivity index (χ4v) is 6.99. The van der Waals surface area contributed by atoms with Gasteiger partial charge in [0.1, 0.15) is 12.1 Å². The molecular formula is C24H25N3O5S. The van der Waals surface area contributed by atoms with Crippen molar-refractivity contribution in [2.45, 2.75) is 37.3 Å². The van der Waals surface area contributed by atoms with Crippen molar-refractivity contribution in [3.63, 3.8) is 0 Å². The molecule has 4 amide bonds. The predicted octanol–water partition coefficient (Wildman–Crippen LogP) is 1.99. The number of nitrogens with one attached hydrogen (secondary N) is 1. The number of hydrogen-bond acceptors (Lipinski definition) is 5. The Morgan fingerprint density at radius 1 is 1.09 bits per heavy atom. The number of hydrogen-bond donors (Lipinski definition) is 1. The van der Waals surface area contributed by atoms with Crippen LogP contribution < -0.4 is 10.2 Å². The first-order valence-corrected chi connectivity index (χ1v) is 12.9. The van der Waals surface area contributed by atoms with Crippen molar-refractivity contribution in [3.8, 4) is 0 Å². The molecule has 5 rings (SSSR count). The molecule has 9 heteroatoms. The summed E-state index contributed by atoms with van der Waals surface area (Å²) in [4.78, 5) is 42.3. The summed E-state index contributed by atoms with van der Waals surface area (Å²) >= 11 is 0. The normalized spacial score (nSPS) is 25.7. The number of carbonyl (C=O) groups is 3. The third-order valence-corrected chi connectivity index (χ3v) is 8.57. The van der Waals surface area contributed by atoms with Crippen LogP contribution in [0.5, 0.6) is 0 Å². The van der Waals surface area contributed by atoms with Gasteiger partial charge in [-0.1, -0.05) is 42.5 Å². The van der Waals surface area contributed by atoms with E-state index in [4.69, 9.17) is 0 Å². The second-order valence-electron chi connectivity index (χ2n) is 8.89. The number of anilines is 1. The molecular weight excluding hydrogens is 442 g/mol. The Balaban J connectivity index is 1.44. The SMILES string of the molecule is O=C1N[C@@]2(CCCc3ccccc32)C(=O)N1CC(=O)N(c1ccccc1)[C@@H]1CCS(=O)(=O)C1. The molecule has 2 atom stereocenters. The third kappa shape index (κ3) is 3.70. The molecule has 2 heterocycles. The minimum absolute atomic E-state index is 0.0112. The maximum absolute atomic E-state index is 13.6. The summed E-state index contributed by atoms with van der Waals surface area (Å²) in [5.41, 5.74) is 1.20. The van der Waals surface area contributed by atoms with Crippen LogP contribution in [0.2, 0.25) is 0 Å². The van der Waals surface area contributed by atoms with Gasteiger partial charge in [-0.05, 0) is 48.9 Å². The van der Waals surface area contributed by atoms with Crippen LogP contribution in [0.3, 0.4) is 0 Å². The largest absolute Gasteiger partial charge is 0.325 e. The monoisotopic (exact) mass is 467 g/mol. The molecule has 0 unspecified atom stereocenters. The number of amides is 4. The number of benzene rings is 2. The molecule has 0 saturated carbocycles. The molecule has 2 fully saturated rings. The fraction of sp³-hybridized carbons (Fsp3) is 0.375. The van der Waals surface area contributed by atoms with Crippen LogP contribution in [0.15, 0.2) is 54.6 Å². The van der Waals surface area contributed by atoms with Crippen molar-refractivity contribution >= 4 is 33.4 Å². The zero-order valence-corrected chi connectivity index (χ0v) is 18.9. The molecule has 33 heavy (non-hydrogen) atoms. The fourth-order valence-electron chi connectivity index (χ4n) is 5.29. The van der Waals surface area contributed by atoms with Crippen molar-refractivity contribution in [1.29, 1.82) is 0 Å². The Morgan fingerprint density at radius 3 is 2.55 bits per heavy atom. The highest BCUT2D eigenvalue weighted by Crippen LogP contribution is 2.40. The highest BCUT2D eigenvalue weighted by Gasteiger charge is 2.54. The van der Waals surface area contributed by atoms with Gasteiger partial charge in [0.25, 0.3) is 5.91 Å². The van der Waals surface area contributed by atoms with Gasteiger partial charge in [0.05, 0.1) is 17.5 Å². The van der Waals surface area contributed by atoms with Crippen LogP contribution in [0.1, 0.15) is 30.4 Å². The van der Waals surface area contributed by atoms with Gasteiger partial charge in [-0.25, -0.2) is 13.2 Å². The quantitative estimate of drug-likeness (QED) is 0.693. The molecule has 2 aliphatic heterocycles. The Hall–Kier alpha value is -3.20. The van der Waals surface area contributed by atoms with Gasteiger partial charge < -0.3 is 10.2 Å². The minimum atomic E-state index is -3.24. The summed E-state index contributed by atoms with van der Waals surface area (Å²) in [7, 11) is -3.24. The van der Waals surface area contributed by atoms with E-state index in [1.54, 1.807) is 30.3 Å². The smallest absolute Gasteiger partial charge is 0.319 e. The Morgan fingerprint density at radius 2 is 1.82 bits per heavy atom. The third-order valence-electron chi connectivity index (χ3n) is 6.82. The van der Waals surface area contributed by atoms with Crippen molar-refractivity contribution in [3.05, 3.63) is 65.7 Å². The first kappa shape index (κ1) is 21.6. The van der Waals surface area contributed by atoms with E-state index >= 15 is 0 Å². The number of urea groups is 1. The van der Waals surface area contributed by atoms with E-state index < -0.39 is 45.8 Å². The molecule has 2 aromatic rings. The van der Waals surface area contributed by atoms with Gasteiger partial charge in [-0.3, -0.25) is 14.5 Å². The molecule has 1 spiro atoms. The topological polar surface area (TPSA) is 104 Å². The number of imide groups is 1. The number of sulfone groups is 1. The van der Waals surface area contributed by atoms with Gasteiger partial charge in [0, 0.05) is 5.69 Å². The zero-order chi connectivity index (χ0) is 23.2. The van der Waals surface area contributed by atoms with E-state index in [0.29, 0.717) is 18.5 Å². The van der Waals surface area contributed by atoms with Crippen molar-refractivity contribution in [2.24, 2.45) is 0 Å². The lowest BCUT2D eigenvalue weighted by molar-refractivity contribution is -0.135. The molecule has 2 aromatic carbocycles. The maximum Gasteiger partial charge on any atom is 0.325 e. The van der Waals surface area contributed by atoms with Crippen LogP contribution >= 0.6 is 0 Å². The van der Waals surface area contributed by atoms with Gasteiger partial charge >= 0.3 is 6.03 Å². The number of nitrogens with zero attached hydrogens (tertiary/aromatic N) is 2. The van der Waals surface area contributed by atoms with Gasteiger partial charge in [0.15, 0.2) is 9.84 Å². The molecule has 0 radical (unpaired) electrons. The lowest BCUT2D eigenvalue weighted by atomic mass is 9.76. The first-order chi connectivity index (χ1) is 15.8. The lowest BCUT2D eigenvalue weighted by Gasteiger charge is -2.33. The van der Waals surface area contributed by atoms with Crippen LogP contribution in [0.4, 0.5) is 10.5 Å². The van der Waals surface area contributed by atoms with E-state index in [-0.39, 0.29) is 11.5 Å². The second-order valence-corrected chi connectivity index (χ2v) is 11.1. The van der Waals surface area contributed by atoms with Gasteiger partial charge in [-0.2, -0.15) is 0 Å². The minimum Gasteiger partial charge on any atom is -0.319 e. The van der Waals surface area contributed by atoms with Crippen LogP contribution in [0.25, 0.3) is 0 Å².